The molecule has 0 N–H and O–H groups in total. The minimum atomic E-state index is -4.60. The Morgan fingerprint density at radius 1 is 0.610 bits per heavy atom. The van der Waals surface area contributed by atoms with Crippen molar-refractivity contribution >= 4 is 0 Å². The van der Waals surface area contributed by atoms with Crippen molar-refractivity contribution < 1.29 is 27.0 Å². The van der Waals surface area contributed by atoms with Crippen LogP contribution in [0, 0.1) is 5.82 Å². The van der Waals surface area contributed by atoms with Crippen LogP contribution in [0.15, 0.2) is 60.7 Å². The summed E-state index contributed by atoms with van der Waals surface area (Å²) in [5.41, 5.74) is 0.640. The lowest BCUT2D eigenvalue weighted by molar-refractivity contribution is -0.138. The molecule has 0 saturated heterocycles. The van der Waals surface area contributed by atoms with Crippen molar-refractivity contribution in [2.24, 2.45) is 0 Å². The van der Waals surface area contributed by atoms with Crippen LogP contribution in [0.25, 0.3) is 22.3 Å². The molecule has 0 aliphatic rings. The first-order chi connectivity index (χ1) is 19.8. The molecule has 3 aromatic rings. The van der Waals surface area contributed by atoms with Crippen molar-refractivity contribution in [1.29, 1.82) is 0 Å². The highest BCUT2D eigenvalue weighted by molar-refractivity contribution is 5.84. The second-order valence-corrected chi connectivity index (χ2v) is 10.6. The van der Waals surface area contributed by atoms with Crippen LogP contribution in [0.5, 0.6) is 11.5 Å². The lowest BCUT2D eigenvalue weighted by atomic mass is 9.93. The molecule has 0 radical (unpaired) electrons. The predicted molar refractivity (Wildman–Crippen MR) is 160 cm³/mol. The highest BCUT2D eigenvalue weighted by Gasteiger charge is 2.35. The highest BCUT2D eigenvalue weighted by atomic mass is 19.4. The van der Waals surface area contributed by atoms with Gasteiger partial charge in [0.25, 0.3) is 0 Å². The van der Waals surface area contributed by atoms with Gasteiger partial charge in [-0.05, 0) is 59.9 Å². The van der Waals surface area contributed by atoms with Crippen molar-refractivity contribution in [3.05, 3.63) is 72.0 Å². The summed E-state index contributed by atoms with van der Waals surface area (Å²) in [6.45, 7) is 5.18. The van der Waals surface area contributed by atoms with Gasteiger partial charge < -0.3 is 9.47 Å². The summed E-state index contributed by atoms with van der Waals surface area (Å²) in [4.78, 5) is 0. The zero-order chi connectivity index (χ0) is 29.5. The van der Waals surface area contributed by atoms with E-state index in [2.05, 4.69) is 13.8 Å². The van der Waals surface area contributed by atoms with Gasteiger partial charge in [0.2, 0.25) is 0 Å². The molecule has 41 heavy (non-hydrogen) atoms. The lowest BCUT2D eigenvalue weighted by Gasteiger charge is -2.17. The van der Waals surface area contributed by atoms with E-state index in [0.717, 1.165) is 44.6 Å². The molecule has 0 fully saturated rings. The first-order valence-electron chi connectivity index (χ1n) is 15.2. The Labute approximate surface area is 243 Å². The summed E-state index contributed by atoms with van der Waals surface area (Å²) in [6.07, 6.45) is 8.54. The zero-order valence-corrected chi connectivity index (χ0v) is 24.5. The van der Waals surface area contributed by atoms with Crippen molar-refractivity contribution in [1.82, 2.24) is 0 Å². The Kier molecular flexibility index (Phi) is 13.5. The van der Waals surface area contributed by atoms with Gasteiger partial charge in [0.15, 0.2) is 0 Å². The summed E-state index contributed by atoms with van der Waals surface area (Å²) in [7, 11) is 0. The molecular formula is C35H44F4O2. The summed E-state index contributed by atoms with van der Waals surface area (Å²) >= 11 is 0. The maximum absolute atomic E-state index is 15.2. The van der Waals surface area contributed by atoms with E-state index in [-0.39, 0.29) is 23.5 Å². The van der Waals surface area contributed by atoms with Gasteiger partial charge in [-0.25, -0.2) is 4.39 Å². The van der Waals surface area contributed by atoms with Crippen LogP contribution in [0.2, 0.25) is 0 Å². The van der Waals surface area contributed by atoms with Gasteiger partial charge in [-0.3, -0.25) is 0 Å². The fourth-order valence-electron chi connectivity index (χ4n) is 4.96. The summed E-state index contributed by atoms with van der Waals surface area (Å²) in [5, 5.41) is 0. The van der Waals surface area contributed by atoms with Gasteiger partial charge in [-0.1, -0.05) is 108 Å². The van der Waals surface area contributed by atoms with E-state index in [4.69, 9.17) is 9.47 Å². The summed E-state index contributed by atoms with van der Waals surface area (Å²) in [6, 6.07) is 15.5. The van der Waals surface area contributed by atoms with E-state index in [1.807, 2.05) is 0 Å². The molecule has 2 nitrogen and oxygen atoms in total. The summed E-state index contributed by atoms with van der Waals surface area (Å²) < 4.78 is 68.7. The summed E-state index contributed by atoms with van der Waals surface area (Å²) in [5.74, 6) is -0.00810. The number of hydrogen-bond acceptors (Lipinski definition) is 2. The van der Waals surface area contributed by atoms with Gasteiger partial charge in [0.1, 0.15) is 17.3 Å². The third-order valence-electron chi connectivity index (χ3n) is 7.27. The molecule has 0 spiro atoms. The minimum Gasteiger partial charge on any atom is -0.494 e. The molecule has 0 unspecified atom stereocenters. The van der Waals surface area contributed by atoms with Gasteiger partial charge in [0.05, 0.1) is 18.8 Å². The molecule has 0 bridgehead atoms. The predicted octanol–water partition coefficient (Wildman–Crippen LogP) is 11.7. The monoisotopic (exact) mass is 572 g/mol. The Hall–Kier alpha value is -3.02. The molecule has 0 aliphatic heterocycles. The van der Waals surface area contributed by atoms with Crippen LogP contribution in [0.4, 0.5) is 17.6 Å². The molecule has 0 atom stereocenters. The fraction of sp³-hybridized carbons (Fsp3) is 0.486. The van der Waals surface area contributed by atoms with Crippen molar-refractivity contribution in [2.75, 3.05) is 13.2 Å². The average molecular weight is 573 g/mol. The first-order valence-corrected chi connectivity index (χ1v) is 15.2. The van der Waals surface area contributed by atoms with Crippen molar-refractivity contribution in [3.63, 3.8) is 0 Å². The minimum absolute atomic E-state index is 0.195. The van der Waals surface area contributed by atoms with E-state index in [9.17, 15) is 13.2 Å². The highest BCUT2D eigenvalue weighted by Crippen LogP contribution is 2.41. The second kappa shape index (κ2) is 17.1. The van der Waals surface area contributed by atoms with Crippen LogP contribution < -0.4 is 9.47 Å². The van der Waals surface area contributed by atoms with Crippen LogP contribution in [-0.4, -0.2) is 13.2 Å². The Morgan fingerprint density at radius 2 is 1.17 bits per heavy atom. The maximum Gasteiger partial charge on any atom is 0.419 e. The zero-order valence-electron chi connectivity index (χ0n) is 24.5. The van der Waals surface area contributed by atoms with Crippen LogP contribution >= 0.6 is 0 Å². The van der Waals surface area contributed by atoms with Crippen molar-refractivity contribution in [3.8, 4) is 33.8 Å². The molecule has 0 aliphatic carbocycles. The molecule has 0 aromatic heterocycles. The number of rotatable bonds is 18. The van der Waals surface area contributed by atoms with Gasteiger partial charge in [-0.2, -0.15) is 13.2 Å². The van der Waals surface area contributed by atoms with Gasteiger partial charge in [0, 0.05) is 5.56 Å². The number of unbranched alkanes of at least 4 members (excludes halogenated alkanes) is 10. The molecule has 3 rings (SSSR count). The van der Waals surface area contributed by atoms with E-state index in [0.29, 0.717) is 29.9 Å². The van der Waals surface area contributed by atoms with Gasteiger partial charge >= 0.3 is 6.18 Å². The molecule has 6 heteroatoms. The molecule has 3 aromatic carbocycles. The largest absolute Gasteiger partial charge is 0.494 e. The van der Waals surface area contributed by atoms with E-state index < -0.39 is 17.6 Å². The normalized spacial score (nSPS) is 11.6. The van der Waals surface area contributed by atoms with E-state index in [1.54, 1.807) is 36.4 Å². The van der Waals surface area contributed by atoms with E-state index in [1.165, 1.54) is 50.3 Å². The van der Waals surface area contributed by atoms with Crippen molar-refractivity contribution in [2.45, 2.75) is 97.1 Å². The second-order valence-electron chi connectivity index (χ2n) is 10.6. The first kappa shape index (κ1) is 32.5. The Balaban J connectivity index is 1.73. The quantitative estimate of drug-likeness (QED) is 0.111. The molecule has 0 heterocycles. The molecule has 224 valence electrons. The topological polar surface area (TPSA) is 18.5 Å². The third kappa shape index (κ3) is 10.4. The number of hydrogen-bond donors (Lipinski definition) is 0. The number of benzene rings is 3. The average Bonchev–Trinajstić information content (AvgIpc) is 2.96. The number of halogens is 4. The third-order valence-corrected chi connectivity index (χ3v) is 7.27. The Morgan fingerprint density at radius 3 is 1.78 bits per heavy atom. The number of ether oxygens (including phenoxy) is 2. The van der Waals surface area contributed by atoms with Gasteiger partial charge in [-0.15, -0.1) is 0 Å². The molecular weight excluding hydrogens is 528 g/mol. The smallest absolute Gasteiger partial charge is 0.419 e. The standard InChI is InChI=1S/C35H44F4O2/c1-3-5-7-9-11-13-24-40-29-21-18-27(19-22-29)34-30(16-15-17-32(34)36)28-20-23-33(31(26-28)35(37,38)39)41-25-14-12-10-8-6-4-2/h15-23,26H,3-14,24-25H2,1-2H3. The maximum atomic E-state index is 15.2. The molecule has 0 amide bonds. The van der Waals surface area contributed by atoms with Crippen LogP contribution in [-0.2, 0) is 6.18 Å². The fourth-order valence-corrected chi connectivity index (χ4v) is 4.96. The SMILES string of the molecule is CCCCCCCCOc1ccc(-c2c(F)cccc2-c2ccc(OCCCCCCCC)c(C(F)(F)F)c2)cc1. The van der Waals surface area contributed by atoms with E-state index >= 15 is 4.39 Å². The Bertz CT molecular complexity index is 1170. The number of alkyl halides is 3. The molecule has 0 saturated carbocycles. The van der Waals surface area contributed by atoms with Crippen LogP contribution in [0.3, 0.4) is 0 Å². The lowest BCUT2D eigenvalue weighted by Crippen LogP contribution is -2.10. The van der Waals surface area contributed by atoms with Crippen LogP contribution in [0.1, 0.15) is 96.5 Å².